The molecule has 2 aromatic rings. The maximum atomic E-state index is 12.2. The lowest BCUT2D eigenvalue weighted by Gasteiger charge is -2.10. The Morgan fingerprint density at radius 1 is 1.19 bits per heavy atom. The van der Waals surface area contributed by atoms with Crippen molar-refractivity contribution in [3.63, 3.8) is 0 Å². The van der Waals surface area contributed by atoms with Crippen LogP contribution in [0.5, 0.6) is 0 Å². The summed E-state index contributed by atoms with van der Waals surface area (Å²) in [7, 11) is 0. The molecule has 0 radical (unpaired) electrons. The van der Waals surface area contributed by atoms with E-state index in [2.05, 4.69) is 10.3 Å². The molecule has 3 rings (SSSR count). The molecule has 136 valence electrons. The lowest BCUT2D eigenvalue weighted by atomic mass is 10.0. The van der Waals surface area contributed by atoms with Crippen molar-refractivity contribution in [3.8, 4) is 11.1 Å². The first-order valence-electron chi connectivity index (χ1n) is 8.76. The normalized spacial score (nSPS) is 16.3. The van der Waals surface area contributed by atoms with Crippen LogP contribution in [-0.4, -0.2) is 43.2 Å². The summed E-state index contributed by atoms with van der Waals surface area (Å²) >= 11 is 0. The smallest absolute Gasteiger partial charge is 0.339 e. The summed E-state index contributed by atoms with van der Waals surface area (Å²) in [5.74, 6) is -0.0921. The van der Waals surface area contributed by atoms with Gasteiger partial charge in [-0.25, -0.2) is 4.79 Å². The molecule has 6 heteroatoms. The van der Waals surface area contributed by atoms with Crippen LogP contribution in [0.15, 0.2) is 42.7 Å². The molecule has 0 bridgehead atoms. The molecule has 1 saturated heterocycles. The van der Waals surface area contributed by atoms with E-state index < -0.39 is 5.97 Å². The number of benzene rings is 1. The molecule has 1 atom stereocenters. The van der Waals surface area contributed by atoms with Gasteiger partial charge in [-0.1, -0.05) is 12.1 Å². The summed E-state index contributed by atoms with van der Waals surface area (Å²) in [6.07, 6.45) is 4.15. The maximum absolute atomic E-state index is 12.2. The Balaban J connectivity index is 1.66. The number of amides is 1. The summed E-state index contributed by atoms with van der Waals surface area (Å²) in [5, 5.41) is 2.95. The molecule has 1 amide bonds. The van der Waals surface area contributed by atoms with Crippen LogP contribution in [0, 0.1) is 5.92 Å². The van der Waals surface area contributed by atoms with Crippen LogP contribution in [-0.2, 0) is 9.47 Å². The topological polar surface area (TPSA) is 77.5 Å². The van der Waals surface area contributed by atoms with Gasteiger partial charge in [0.05, 0.1) is 18.8 Å². The second-order valence-corrected chi connectivity index (χ2v) is 6.20. The first-order chi connectivity index (χ1) is 12.7. The van der Waals surface area contributed by atoms with E-state index in [9.17, 15) is 9.59 Å². The Bertz CT molecular complexity index is 768. The van der Waals surface area contributed by atoms with Gasteiger partial charge in [0.15, 0.2) is 0 Å². The van der Waals surface area contributed by atoms with Gasteiger partial charge in [0, 0.05) is 42.6 Å². The largest absolute Gasteiger partial charge is 0.462 e. The number of carbonyl (C=O) groups excluding carboxylic acids is 2. The Labute approximate surface area is 152 Å². The number of hydrogen-bond acceptors (Lipinski definition) is 5. The molecule has 0 spiro atoms. The molecule has 1 aromatic heterocycles. The van der Waals surface area contributed by atoms with Crippen LogP contribution in [0.3, 0.4) is 0 Å². The fraction of sp³-hybridized carbons (Fsp3) is 0.350. The maximum Gasteiger partial charge on any atom is 0.339 e. The van der Waals surface area contributed by atoms with Crippen LogP contribution in [0.4, 0.5) is 0 Å². The van der Waals surface area contributed by atoms with Gasteiger partial charge in [-0.05, 0) is 37.1 Å². The molecule has 0 aliphatic carbocycles. The van der Waals surface area contributed by atoms with Gasteiger partial charge >= 0.3 is 5.97 Å². The van der Waals surface area contributed by atoms with E-state index in [1.165, 1.54) is 6.20 Å². The highest BCUT2D eigenvalue weighted by Gasteiger charge is 2.17. The second-order valence-electron chi connectivity index (χ2n) is 6.20. The molecule has 1 aromatic carbocycles. The molecule has 0 saturated carbocycles. The fourth-order valence-corrected chi connectivity index (χ4v) is 2.82. The zero-order valence-electron chi connectivity index (χ0n) is 14.7. The van der Waals surface area contributed by atoms with Crippen molar-refractivity contribution in [2.45, 2.75) is 13.3 Å². The van der Waals surface area contributed by atoms with Gasteiger partial charge in [0.1, 0.15) is 0 Å². The number of rotatable bonds is 6. The average Bonchev–Trinajstić information content (AvgIpc) is 3.20. The van der Waals surface area contributed by atoms with Gasteiger partial charge in [-0.3, -0.25) is 9.78 Å². The van der Waals surface area contributed by atoms with E-state index in [-0.39, 0.29) is 5.91 Å². The molecule has 2 heterocycles. The van der Waals surface area contributed by atoms with Gasteiger partial charge in [0.2, 0.25) is 0 Å². The van der Waals surface area contributed by atoms with Crippen LogP contribution >= 0.6 is 0 Å². The monoisotopic (exact) mass is 354 g/mol. The molecular formula is C20H22N2O4. The quantitative estimate of drug-likeness (QED) is 0.807. The first kappa shape index (κ1) is 18.1. The zero-order valence-corrected chi connectivity index (χ0v) is 14.7. The number of ether oxygens (including phenoxy) is 2. The van der Waals surface area contributed by atoms with Crippen LogP contribution in [0.2, 0.25) is 0 Å². The van der Waals surface area contributed by atoms with E-state index in [1.807, 2.05) is 12.1 Å². The number of nitrogens with one attached hydrogen (secondary N) is 1. The molecular weight excluding hydrogens is 332 g/mol. The number of pyridine rings is 1. The molecule has 26 heavy (non-hydrogen) atoms. The molecule has 1 N–H and O–H groups in total. The van der Waals surface area contributed by atoms with Crippen molar-refractivity contribution in [1.29, 1.82) is 0 Å². The Kier molecular flexibility index (Phi) is 5.96. The minimum Gasteiger partial charge on any atom is -0.462 e. The van der Waals surface area contributed by atoms with Crippen molar-refractivity contribution in [1.82, 2.24) is 10.3 Å². The highest BCUT2D eigenvalue weighted by atomic mass is 16.5. The van der Waals surface area contributed by atoms with E-state index in [4.69, 9.17) is 9.47 Å². The third-order valence-electron chi connectivity index (χ3n) is 4.31. The highest BCUT2D eigenvalue weighted by Crippen LogP contribution is 2.20. The van der Waals surface area contributed by atoms with Crippen molar-refractivity contribution in [2.75, 3.05) is 26.4 Å². The predicted molar refractivity (Wildman–Crippen MR) is 96.9 cm³/mol. The van der Waals surface area contributed by atoms with Gasteiger partial charge in [-0.2, -0.15) is 0 Å². The number of carbonyl (C=O) groups is 2. The van der Waals surface area contributed by atoms with E-state index in [1.54, 1.807) is 31.3 Å². The second kappa shape index (κ2) is 8.58. The summed E-state index contributed by atoms with van der Waals surface area (Å²) in [6, 6.07) is 8.97. The van der Waals surface area contributed by atoms with Crippen LogP contribution < -0.4 is 5.32 Å². The molecule has 0 unspecified atom stereocenters. The standard InChI is InChI=1S/C20H22N2O4/c1-2-26-20(24)18-9-17(11-21-12-18)15-3-5-16(6-4-15)19(23)22-10-14-7-8-25-13-14/h3-6,9,11-12,14H,2,7-8,10,13H2,1H3,(H,22,23)/t14-/m0/s1. The Morgan fingerprint density at radius 3 is 2.69 bits per heavy atom. The average molecular weight is 354 g/mol. The van der Waals surface area contributed by atoms with Crippen molar-refractivity contribution in [2.24, 2.45) is 5.92 Å². The molecule has 1 fully saturated rings. The minimum absolute atomic E-state index is 0.0955. The summed E-state index contributed by atoms with van der Waals surface area (Å²) in [4.78, 5) is 28.2. The number of aromatic nitrogens is 1. The Hall–Kier alpha value is -2.73. The van der Waals surface area contributed by atoms with Crippen LogP contribution in [0.1, 0.15) is 34.1 Å². The summed E-state index contributed by atoms with van der Waals surface area (Å²) < 4.78 is 10.3. The lowest BCUT2D eigenvalue weighted by Crippen LogP contribution is -2.29. The summed E-state index contributed by atoms with van der Waals surface area (Å²) in [6.45, 7) is 4.20. The first-order valence-corrected chi connectivity index (χ1v) is 8.76. The minimum atomic E-state index is -0.395. The SMILES string of the molecule is CCOC(=O)c1cncc(-c2ccc(C(=O)NC[C@@H]3CCOC3)cc2)c1. The molecule has 6 nitrogen and oxygen atoms in total. The number of esters is 1. The highest BCUT2D eigenvalue weighted by molar-refractivity contribution is 5.95. The van der Waals surface area contributed by atoms with E-state index in [0.717, 1.165) is 24.2 Å². The van der Waals surface area contributed by atoms with Gasteiger partial charge in [0.25, 0.3) is 5.91 Å². The third kappa shape index (κ3) is 4.46. The van der Waals surface area contributed by atoms with Crippen molar-refractivity contribution >= 4 is 11.9 Å². The molecule has 1 aliphatic rings. The van der Waals surface area contributed by atoms with E-state index in [0.29, 0.717) is 36.8 Å². The molecule has 1 aliphatic heterocycles. The third-order valence-corrected chi connectivity index (χ3v) is 4.31. The van der Waals surface area contributed by atoms with Crippen LogP contribution in [0.25, 0.3) is 11.1 Å². The van der Waals surface area contributed by atoms with Crippen molar-refractivity contribution in [3.05, 3.63) is 53.9 Å². The fourth-order valence-electron chi connectivity index (χ4n) is 2.82. The predicted octanol–water partition coefficient (Wildman–Crippen LogP) is 2.69. The van der Waals surface area contributed by atoms with Gasteiger partial charge in [-0.15, -0.1) is 0 Å². The lowest BCUT2D eigenvalue weighted by molar-refractivity contribution is 0.0525. The number of nitrogens with zero attached hydrogens (tertiary/aromatic N) is 1. The summed E-state index contributed by atoms with van der Waals surface area (Å²) in [5.41, 5.74) is 2.68. The van der Waals surface area contributed by atoms with E-state index >= 15 is 0 Å². The Morgan fingerprint density at radius 2 is 2.00 bits per heavy atom. The van der Waals surface area contributed by atoms with Crippen molar-refractivity contribution < 1.29 is 19.1 Å². The number of hydrogen-bond donors (Lipinski definition) is 1. The zero-order chi connectivity index (χ0) is 18.4. The van der Waals surface area contributed by atoms with Gasteiger partial charge < -0.3 is 14.8 Å².